The molecule has 0 bridgehead atoms. The average Bonchev–Trinajstić information content (AvgIpc) is 2.75. The van der Waals surface area contributed by atoms with E-state index in [0.717, 1.165) is 25.3 Å². The van der Waals surface area contributed by atoms with Crippen molar-refractivity contribution < 1.29 is 0 Å². The lowest BCUT2D eigenvalue weighted by Crippen LogP contribution is -2.16. The molecule has 84 valence electrons. The van der Waals surface area contributed by atoms with Crippen LogP contribution in [0.2, 0.25) is 0 Å². The van der Waals surface area contributed by atoms with Gasteiger partial charge in [-0.25, -0.2) is 4.98 Å². The van der Waals surface area contributed by atoms with Gasteiger partial charge in [-0.2, -0.15) is 0 Å². The van der Waals surface area contributed by atoms with Gasteiger partial charge in [-0.15, -0.1) is 0 Å². The van der Waals surface area contributed by atoms with Crippen LogP contribution >= 0.6 is 0 Å². The maximum atomic E-state index is 4.40. The maximum absolute atomic E-state index is 4.40. The van der Waals surface area contributed by atoms with Crippen molar-refractivity contribution in [3.63, 3.8) is 0 Å². The molecule has 0 saturated heterocycles. The van der Waals surface area contributed by atoms with Crippen LogP contribution in [0.5, 0.6) is 0 Å². The molecule has 3 heteroatoms. The van der Waals surface area contributed by atoms with Gasteiger partial charge in [0.15, 0.2) is 0 Å². The van der Waals surface area contributed by atoms with Gasteiger partial charge in [0, 0.05) is 31.9 Å². The molecule has 1 aromatic carbocycles. The minimum absolute atomic E-state index is 0.900. The number of hydrogen-bond donors (Lipinski definition) is 1. The largest absolute Gasteiger partial charge is 0.333 e. The van der Waals surface area contributed by atoms with Crippen LogP contribution in [0.25, 0.3) is 0 Å². The van der Waals surface area contributed by atoms with Crippen LogP contribution in [-0.2, 0) is 13.0 Å². The van der Waals surface area contributed by atoms with Crippen molar-refractivity contribution in [2.75, 3.05) is 13.6 Å². The molecule has 1 aromatic heterocycles. The van der Waals surface area contributed by atoms with E-state index in [2.05, 4.69) is 39.1 Å². The van der Waals surface area contributed by atoms with Gasteiger partial charge >= 0.3 is 0 Å². The zero-order valence-electron chi connectivity index (χ0n) is 9.56. The molecule has 0 aliphatic heterocycles. The summed E-state index contributed by atoms with van der Waals surface area (Å²) in [7, 11) is 1.97. The van der Waals surface area contributed by atoms with Gasteiger partial charge in [-0.1, -0.05) is 30.3 Å². The topological polar surface area (TPSA) is 29.9 Å². The Labute approximate surface area is 96.1 Å². The second-order valence-corrected chi connectivity index (χ2v) is 3.80. The van der Waals surface area contributed by atoms with E-state index in [1.54, 1.807) is 0 Å². The molecule has 1 N–H and O–H groups in total. The fourth-order valence-electron chi connectivity index (χ4n) is 1.72. The number of benzene rings is 1. The van der Waals surface area contributed by atoms with Gasteiger partial charge in [0.1, 0.15) is 5.82 Å². The highest BCUT2D eigenvalue weighted by molar-refractivity contribution is 5.19. The highest BCUT2D eigenvalue weighted by Crippen LogP contribution is 2.07. The van der Waals surface area contributed by atoms with Crippen LogP contribution in [-0.4, -0.2) is 23.1 Å². The molecule has 0 spiro atoms. The Balaban J connectivity index is 2.07. The minimum Gasteiger partial charge on any atom is -0.333 e. The monoisotopic (exact) mass is 215 g/mol. The Bertz CT molecular complexity index is 420. The number of likely N-dealkylation sites (N-methyl/N-ethyl adjacent to an activating group) is 1. The number of nitrogens with one attached hydrogen (secondary N) is 1. The molecule has 0 aliphatic rings. The molecule has 0 radical (unpaired) electrons. The third kappa shape index (κ3) is 2.70. The van der Waals surface area contributed by atoms with E-state index in [1.807, 2.05) is 25.5 Å². The molecule has 0 amide bonds. The minimum atomic E-state index is 0.900. The second kappa shape index (κ2) is 5.47. The number of aromatic nitrogens is 2. The summed E-state index contributed by atoms with van der Waals surface area (Å²) in [4.78, 5) is 4.40. The van der Waals surface area contributed by atoms with Crippen LogP contribution in [0.3, 0.4) is 0 Å². The summed E-state index contributed by atoms with van der Waals surface area (Å²) in [5.41, 5.74) is 1.31. The lowest BCUT2D eigenvalue weighted by Gasteiger charge is -2.07. The normalized spacial score (nSPS) is 10.6. The van der Waals surface area contributed by atoms with Crippen molar-refractivity contribution >= 4 is 0 Å². The van der Waals surface area contributed by atoms with Crippen molar-refractivity contribution in [2.45, 2.75) is 13.0 Å². The Morgan fingerprint density at radius 1 is 1.25 bits per heavy atom. The Morgan fingerprint density at radius 2 is 2.06 bits per heavy atom. The lowest BCUT2D eigenvalue weighted by atomic mass is 10.1. The van der Waals surface area contributed by atoms with E-state index in [1.165, 1.54) is 5.56 Å². The molecule has 0 unspecified atom stereocenters. The fraction of sp³-hybridized carbons (Fsp3) is 0.308. The molecular formula is C13H17N3. The zero-order valence-corrected chi connectivity index (χ0v) is 9.56. The zero-order chi connectivity index (χ0) is 11.2. The molecule has 3 nitrogen and oxygen atoms in total. The Morgan fingerprint density at radius 3 is 2.81 bits per heavy atom. The summed E-state index contributed by atoms with van der Waals surface area (Å²) in [5, 5.41) is 3.15. The molecule has 0 aliphatic carbocycles. The van der Waals surface area contributed by atoms with Crippen LogP contribution in [0.1, 0.15) is 11.4 Å². The fourth-order valence-corrected chi connectivity index (χ4v) is 1.72. The summed E-state index contributed by atoms with van der Waals surface area (Å²) in [6, 6.07) is 10.4. The molecular weight excluding hydrogens is 198 g/mol. The van der Waals surface area contributed by atoms with Gasteiger partial charge in [0.2, 0.25) is 0 Å². The van der Waals surface area contributed by atoms with Gasteiger partial charge in [0.25, 0.3) is 0 Å². The third-order valence-electron chi connectivity index (χ3n) is 2.61. The van der Waals surface area contributed by atoms with E-state index < -0.39 is 0 Å². The number of nitrogens with zero attached hydrogens (tertiary/aromatic N) is 2. The van der Waals surface area contributed by atoms with Gasteiger partial charge in [-0.3, -0.25) is 0 Å². The van der Waals surface area contributed by atoms with Crippen molar-refractivity contribution in [2.24, 2.45) is 0 Å². The Kier molecular flexibility index (Phi) is 3.72. The molecule has 0 fully saturated rings. The first-order valence-electron chi connectivity index (χ1n) is 5.58. The summed E-state index contributed by atoms with van der Waals surface area (Å²) >= 11 is 0. The van der Waals surface area contributed by atoms with Crippen LogP contribution < -0.4 is 5.32 Å². The molecule has 1 heterocycles. The molecule has 0 atom stereocenters. The highest BCUT2D eigenvalue weighted by atomic mass is 15.1. The summed E-state index contributed by atoms with van der Waals surface area (Å²) in [5.74, 6) is 1.13. The summed E-state index contributed by atoms with van der Waals surface area (Å²) in [6.45, 7) is 1.94. The predicted molar refractivity (Wildman–Crippen MR) is 65.4 cm³/mol. The summed E-state index contributed by atoms with van der Waals surface area (Å²) < 4.78 is 2.20. The number of hydrogen-bond acceptors (Lipinski definition) is 2. The van der Waals surface area contributed by atoms with Crippen LogP contribution in [0.4, 0.5) is 0 Å². The maximum Gasteiger partial charge on any atom is 0.113 e. The predicted octanol–water partition coefficient (Wildman–Crippen LogP) is 1.69. The Hall–Kier alpha value is -1.61. The molecule has 2 aromatic rings. The van der Waals surface area contributed by atoms with Crippen molar-refractivity contribution in [1.29, 1.82) is 0 Å². The first-order valence-corrected chi connectivity index (χ1v) is 5.58. The van der Waals surface area contributed by atoms with Crippen LogP contribution in [0, 0.1) is 0 Å². The molecule has 0 saturated carbocycles. The first kappa shape index (κ1) is 10.9. The van der Waals surface area contributed by atoms with Gasteiger partial charge in [-0.05, 0) is 12.6 Å². The number of rotatable bonds is 5. The van der Waals surface area contributed by atoms with Crippen molar-refractivity contribution in [1.82, 2.24) is 14.9 Å². The van der Waals surface area contributed by atoms with E-state index in [0.29, 0.717) is 0 Å². The van der Waals surface area contributed by atoms with Gasteiger partial charge in [0.05, 0.1) is 0 Å². The van der Waals surface area contributed by atoms with Gasteiger partial charge < -0.3 is 9.88 Å². The van der Waals surface area contributed by atoms with E-state index in [-0.39, 0.29) is 0 Å². The quantitative estimate of drug-likeness (QED) is 0.822. The van der Waals surface area contributed by atoms with E-state index >= 15 is 0 Å². The molecule has 16 heavy (non-hydrogen) atoms. The second-order valence-electron chi connectivity index (χ2n) is 3.80. The summed E-state index contributed by atoms with van der Waals surface area (Å²) in [6.07, 6.45) is 4.81. The third-order valence-corrected chi connectivity index (χ3v) is 2.61. The average molecular weight is 215 g/mol. The van der Waals surface area contributed by atoms with Crippen molar-refractivity contribution in [3.05, 3.63) is 54.1 Å². The van der Waals surface area contributed by atoms with Crippen LogP contribution in [0.15, 0.2) is 42.7 Å². The van der Waals surface area contributed by atoms with Crippen molar-refractivity contribution in [3.8, 4) is 0 Å². The standard InChI is InChI=1S/C13H17N3/c1-14-7-9-16-10-8-15-13(16)11-12-5-3-2-4-6-12/h2-6,8,10,14H,7,9,11H2,1H3. The smallest absolute Gasteiger partial charge is 0.113 e. The van der Waals surface area contributed by atoms with E-state index in [4.69, 9.17) is 0 Å². The highest BCUT2D eigenvalue weighted by Gasteiger charge is 2.02. The van der Waals surface area contributed by atoms with E-state index in [9.17, 15) is 0 Å². The number of imidazole rings is 1. The molecule has 2 rings (SSSR count). The SMILES string of the molecule is CNCCn1ccnc1Cc1ccccc1. The lowest BCUT2D eigenvalue weighted by molar-refractivity contribution is 0.621. The first-order chi connectivity index (χ1) is 7.90.